The predicted octanol–water partition coefficient (Wildman–Crippen LogP) is 0.620. The average molecular weight is 219 g/mol. The normalized spacial score (nSPS) is 24.3. The second-order valence-electron chi connectivity index (χ2n) is 4.31. The monoisotopic (exact) mass is 219 g/mol. The zero-order chi connectivity index (χ0) is 11.4. The minimum Gasteiger partial charge on any atom is -0.352 e. The molecule has 1 aliphatic carbocycles. The molecule has 2 atom stereocenters. The number of nitrogens with zero attached hydrogens (tertiary/aromatic N) is 1. The average Bonchev–Trinajstić information content (AvgIpc) is 2.66. The molecule has 3 N–H and O–H groups in total. The number of hydrogen-bond acceptors (Lipinski definition) is 3. The van der Waals surface area contributed by atoms with Crippen molar-refractivity contribution in [2.24, 2.45) is 5.73 Å². The summed E-state index contributed by atoms with van der Waals surface area (Å²) >= 11 is 0. The summed E-state index contributed by atoms with van der Waals surface area (Å²) in [4.78, 5) is 15.7. The van der Waals surface area contributed by atoms with Crippen molar-refractivity contribution in [2.75, 3.05) is 0 Å². The zero-order valence-electron chi connectivity index (χ0n) is 9.23. The Hall–Kier alpha value is -1.42. The second kappa shape index (κ2) is 5.07. The smallest absolute Gasteiger partial charge is 0.224 e. The molecule has 86 valence electrons. The summed E-state index contributed by atoms with van der Waals surface area (Å²) in [5.74, 6) is 0.0374. The van der Waals surface area contributed by atoms with Gasteiger partial charge in [0.1, 0.15) is 0 Å². The third-order valence-corrected chi connectivity index (χ3v) is 3.00. The highest BCUT2D eigenvalue weighted by Crippen LogP contribution is 2.17. The number of aromatic nitrogens is 1. The molecule has 0 spiro atoms. The molecule has 2 unspecified atom stereocenters. The van der Waals surface area contributed by atoms with E-state index in [2.05, 4.69) is 10.3 Å². The maximum absolute atomic E-state index is 11.7. The molecule has 1 fully saturated rings. The van der Waals surface area contributed by atoms with Gasteiger partial charge in [0.25, 0.3) is 0 Å². The van der Waals surface area contributed by atoms with Crippen molar-refractivity contribution >= 4 is 5.91 Å². The van der Waals surface area contributed by atoms with Gasteiger partial charge in [0, 0.05) is 24.5 Å². The number of nitrogens with two attached hydrogens (primary N) is 1. The number of hydrogen-bond donors (Lipinski definition) is 2. The number of carbonyl (C=O) groups excluding carboxylic acids is 1. The highest BCUT2D eigenvalue weighted by molar-refractivity contribution is 5.78. The fraction of sp³-hybridized carbons (Fsp3) is 0.500. The minimum absolute atomic E-state index is 0.0374. The van der Waals surface area contributed by atoms with Gasteiger partial charge in [0.15, 0.2) is 0 Å². The van der Waals surface area contributed by atoms with Gasteiger partial charge < -0.3 is 11.1 Å². The van der Waals surface area contributed by atoms with Crippen LogP contribution in [0.15, 0.2) is 24.5 Å². The summed E-state index contributed by atoms with van der Waals surface area (Å²) in [6.07, 6.45) is 6.93. The summed E-state index contributed by atoms with van der Waals surface area (Å²) in [5, 5.41) is 2.99. The first kappa shape index (κ1) is 11.1. The topological polar surface area (TPSA) is 68.0 Å². The summed E-state index contributed by atoms with van der Waals surface area (Å²) < 4.78 is 0. The van der Waals surface area contributed by atoms with Gasteiger partial charge in [-0.25, -0.2) is 0 Å². The molecule has 1 amide bonds. The molecular weight excluding hydrogens is 202 g/mol. The molecule has 0 saturated heterocycles. The molecule has 1 aliphatic rings. The fourth-order valence-electron chi connectivity index (χ4n) is 2.11. The van der Waals surface area contributed by atoms with Crippen molar-refractivity contribution in [1.29, 1.82) is 0 Å². The molecular formula is C12H17N3O. The van der Waals surface area contributed by atoms with E-state index in [0.717, 1.165) is 24.8 Å². The van der Waals surface area contributed by atoms with Crippen LogP contribution in [0.4, 0.5) is 0 Å². The van der Waals surface area contributed by atoms with E-state index in [1.54, 1.807) is 12.4 Å². The van der Waals surface area contributed by atoms with Crippen LogP contribution in [0.5, 0.6) is 0 Å². The lowest BCUT2D eigenvalue weighted by atomic mass is 10.1. The molecule has 2 rings (SSSR count). The van der Waals surface area contributed by atoms with E-state index in [1.165, 1.54) is 0 Å². The molecule has 0 aromatic carbocycles. The Morgan fingerprint density at radius 1 is 1.56 bits per heavy atom. The van der Waals surface area contributed by atoms with Crippen LogP contribution in [-0.4, -0.2) is 23.0 Å². The van der Waals surface area contributed by atoms with Crippen LogP contribution in [0, 0.1) is 0 Å². The Morgan fingerprint density at radius 2 is 2.44 bits per heavy atom. The summed E-state index contributed by atoms with van der Waals surface area (Å²) in [6, 6.07) is 4.02. The van der Waals surface area contributed by atoms with Crippen LogP contribution in [0.1, 0.15) is 24.8 Å². The Labute approximate surface area is 95.3 Å². The third kappa shape index (κ3) is 2.79. The highest BCUT2D eigenvalue weighted by Gasteiger charge is 2.24. The number of carbonyl (C=O) groups is 1. The van der Waals surface area contributed by atoms with Gasteiger partial charge in [-0.2, -0.15) is 0 Å². The number of rotatable bonds is 3. The number of nitrogens with one attached hydrogen (secondary N) is 1. The van der Waals surface area contributed by atoms with E-state index in [4.69, 9.17) is 5.73 Å². The molecule has 1 heterocycles. The van der Waals surface area contributed by atoms with Crippen LogP contribution in [0.2, 0.25) is 0 Å². The van der Waals surface area contributed by atoms with Gasteiger partial charge in [-0.1, -0.05) is 6.07 Å². The first-order valence-electron chi connectivity index (χ1n) is 5.69. The lowest BCUT2D eigenvalue weighted by Gasteiger charge is -2.17. The molecule has 16 heavy (non-hydrogen) atoms. The van der Waals surface area contributed by atoms with Gasteiger partial charge >= 0.3 is 0 Å². The lowest BCUT2D eigenvalue weighted by molar-refractivity contribution is -0.121. The van der Waals surface area contributed by atoms with Crippen molar-refractivity contribution < 1.29 is 4.79 Å². The SMILES string of the molecule is NC1CCCC1NC(=O)Cc1cccnc1. The zero-order valence-corrected chi connectivity index (χ0v) is 9.23. The molecule has 4 nitrogen and oxygen atoms in total. The van der Waals surface area contributed by atoms with E-state index in [0.29, 0.717) is 6.42 Å². The van der Waals surface area contributed by atoms with Crippen LogP contribution >= 0.6 is 0 Å². The molecule has 0 bridgehead atoms. The van der Waals surface area contributed by atoms with Crippen molar-refractivity contribution in [3.8, 4) is 0 Å². The second-order valence-corrected chi connectivity index (χ2v) is 4.31. The molecule has 4 heteroatoms. The largest absolute Gasteiger partial charge is 0.352 e. The molecule has 0 radical (unpaired) electrons. The lowest BCUT2D eigenvalue weighted by Crippen LogP contribution is -2.44. The van der Waals surface area contributed by atoms with Crippen molar-refractivity contribution in [3.05, 3.63) is 30.1 Å². The van der Waals surface area contributed by atoms with Crippen LogP contribution < -0.4 is 11.1 Å². The Balaban J connectivity index is 1.85. The van der Waals surface area contributed by atoms with Gasteiger partial charge in [0.2, 0.25) is 5.91 Å². The third-order valence-electron chi connectivity index (χ3n) is 3.00. The Kier molecular flexibility index (Phi) is 3.51. The summed E-state index contributed by atoms with van der Waals surface area (Å²) in [7, 11) is 0. The molecule has 0 aliphatic heterocycles. The summed E-state index contributed by atoms with van der Waals surface area (Å²) in [6.45, 7) is 0. The summed E-state index contributed by atoms with van der Waals surface area (Å²) in [5.41, 5.74) is 6.83. The van der Waals surface area contributed by atoms with Gasteiger partial charge in [-0.3, -0.25) is 9.78 Å². The Morgan fingerprint density at radius 3 is 3.06 bits per heavy atom. The van der Waals surface area contributed by atoms with E-state index in [-0.39, 0.29) is 18.0 Å². The highest BCUT2D eigenvalue weighted by atomic mass is 16.1. The number of amides is 1. The fourth-order valence-corrected chi connectivity index (χ4v) is 2.11. The first-order chi connectivity index (χ1) is 7.75. The van der Waals surface area contributed by atoms with Gasteiger partial charge in [0.05, 0.1) is 6.42 Å². The van der Waals surface area contributed by atoms with Crippen LogP contribution in [0.3, 0.4) is 0 Å². The van der Waals surface area contributed by atoms with Crippen LogP contribution in [0.25, 0.3) is 0 Å². The Bertz CT molecular complexity index is 353. The van der Waals surface area contributed by atoms with Crippen molar-refractivity contribution in [3.63, 3.8) is 0 Å². The quantitative estimate of drug-likeness (QED) is 0.783. The maximum atomic E-state index is 11.7. The van der Waals surface area contributed by atoms with E-state index in [9.17, 15) is 4.79 Å². The van der Waals surface area contributed by atoms with E-state index in [1.807, 2.05) is 12.1 Å². The molecule has 1 aromatic rings. The standard InChI is InChI=1S/C12H17N3O/c13-10-4-1-5-11(10)15-12(16)7-9-3-2-6-14-8-9/h2-3,6,8,10-11H,1,4-5,7,13H2,(H,15,16). The van der Waals surface area contributed by atoms with Crippen molar-refractivity contribution in [1.82, 2.24) is 10.3 Å². The maximum Gasteiger partial charge on any atom is 0.224 e. The minimum atomic E-state index is 0.0374. The molecule has 1 aromatic heterocycles. The first-order valence-corrected chi connectivity index (χ1v) is 5.69. The van der Waals surface area contributed by atoms with Gasteiger partial charge in [-0.15, -0.1) is 0 Å². The van der Waals surface area contributed by atoms with Crippen molar-refractivity contribution in [2.45, 2.75) is 37.8 Å². The number of pyridine rings is 1. The van der Waals surface area contributed by atoms with E-state index >= 15 is 0 Å². The predicted molar refractivity (Wildman–Crippen MR) is 61.7 cm³/mol. The van der Waals surface area contributed by atoms with Gasteiger partial charge in [-0.05, 0) is 30.9 Å². The van der Waals surface area contributed by atoms with Crippen LogP contribution in [-0.2, 0) is 11.2 Å². The van der Waals surface area contributed by atoms with E-state index < -0.39 is 0 Å². The molecule has 1 saturated carbocycles.